The fraction of sp³-hybridized carbons (Fsp3) is 0.583. The van der Waals surface area contributed by atoms with Gasteiger partial charge in [0.1, 0.15) is 5.82 Å². The summed E-state index contributed by atoms with van der Waals surface area (Å²) in [6.07, 6.45) is 5.19. The van der Waals surface area contributed by atoms with Crippen molar-refractivity contribution < 1.29 is 0 Å². The van der Waals surface area contributed by atoms with Gasteiger partial charge in [-0.05, 0) is 30.9 Å². The average molecular weight is 205 g/mol. The minimum absolute atomic E-state index is 0.385. The van der Waals surface area contributed by atoms with Gasteiger partial charge in [0.05, 0.1) is 0 Å². The number of anilines is 1. The lowest BCUT2D eigenvalue weighted by Gasteiger charge is -2.31. The molecule has 15 heavy (non-hydrogen) atoms. The summed E-state index contributed by atoms with van der Waals surface area (Å²) in [4.78, 5) is 6.81. The van der Waals surface area contributed by atoms with E-state index in [9.17, 15) is 0 Å². The van der Waals surface area contributed by atoms with Gasteiger partial charge in [-0.2, -0.15) is 0 Å². The number of pyridine rings is 1. The molecule has 0 bridgehead atoms. The summed E-state index contributed by atoms with van der Waals surface area (Å²) in [5.74, 6) is 1.10. The Kier molecular flexibility index (Phi) is 3.21. The van der Waals surface area contributed by atoms with Crippen molar-refractivity contribution in [1.29, 1.82) is 0 Å². The molecule has 0 spiro atoms. The third-order valence-corrected chi connectivity index (χ3v) is 3.08. The molecule has 1 aliphatic heterocycles. The van der Waals surface area contributed by atoms with Crippen molar-refractivity contribution in [3.63, 3.8) is 0 Å². The Labute approximate surface area is 91.3 Å². The SMILES string of the molecule is CCc1ccc(N2CCC(N)CC2)nc1. The molecule has 0 aliphatic carbocycles. The maximum absolute atomic E-state index is 5.87. The maximum atomic E-state index is 5.87. The molecular formula is C12H19N3. The highest BCUT2D eigenvalue weighted by Crippen LogP contribution is 2.17. The highest BCUT2D eigenvalue weighted by atomic mass is 15.2. The standard InChI is InChI=1S/C12H19N3/c1-2-10-3-4-12(14-9-10)15-7-5-11(13)6-8-15/h3-4,9,11H,2,5-8,13H2,1H3. The van der Waals surface area contributed by atoms with Crippen LogP contribution in [-0.2, 0) is 6.42 Å². The van der Waals surface area contributed by atoms with Crippen LogP contribution in [0.1, 0.15) is 25.3 Å². The smallest absolute Gasteiger partial charge is 0.128 e. The van der Waals surface area contributed by atoms with E-state index >= 15 is 0 Å². The van der Waals surface area contributed by atoms with Gasteiger partial charge in [-0.1, -0.05) is 13.0 Å². The van der Waals surface area contributed by atoms with Gasteiger partial charge in [0.2, 0.25) is 0 Å². The fourth-order valence-corrected chi connectivity index (χ4v) is 1.94. The summed E-state index contributed by atoms with van der Waals surface area (Å²) in [6, 6.07) is 4.67. The van der Waals surface area contributed by atoms with Crippen LogP contribution in [0.15, 0.2) is 18.3 Å². The van der Waals surface area contributed by atoms with Crippen LogP contribution in [0.25, 0.3) is 0 Å². The lowest BCUT2D eigenvalue weighted by atomic mass is 10.1. The molecule has 0 amide bonds. The molecule has 2 rings (SSSR count). The molecule has 3 heteroatoms. The van der Waals surface area contributed by atoms with Crippen molar-refractivity contribution in [1.82, 2.24) is 4.98 Å². The minimum atomic E-state index is 0.385. The van der Waals surface area contributed by atoms with Crippen molar-refractivity contribution in [2.24, 2.45) is 5.73 Å². The number of aromatic nitrogens is 1. The zero-order chi connectivity index (χ0) is 10.7. The molecule has 0 radical (unpaired) electrons. The molecule has 0 saturated carbocycles. The zero-order valence-corrected chi connectivity index (χ0v) is 9.32. The summed E-state index contributed by atoms with van der Waals surface area (Å²) in [5, 5.41) is 0. The summed E-state index contributed by atoms with van der Waals surface area (Å²) >= 11 is 0. The van der Waals surface area contributed by atoms with E-state index in [0.717, 1.165) is 38.2 Å². The Balaban J connectivity index is 2.03. The third-order valence-electron chi connectivity index (χ3n) is 3.08. The largest absolute Gasteiger partial charge is 0.357 e. The number of piperidine rings is 1. The van der Waals surface area contributed by atoms with E-state index in [1.54, 1.807) is 0 Å². The Hall–Kier alpha value is -1.09. The van der Waals surface area contributed by atoms with Crippen LogP contribution in [0.3, 0.4) is 0 Å². The summed E-state index contributed by atoms with van der Waals surface area (Å²) in [7, 11) is 0. The van der Waals surface area contributed by atoms with Gasteiger partial charge in [-0.25, -0.2) is 4.98 Å². The van der Waals surface area contributed by atoms with Crippen molar-refractivity contribution in [2.45, 2.75) is 32.2 Å². The van der Waals surface area contributed by atoms with Crippen molar-refractivity contribution in [2.75, 3.05) is 18.0 Å². The Morgan fingerprint density at radius 1 is 1.40 bits per heavy atom. The van der Waals surface area contributed by atoms with Gasteiger partial charge in [0.25, 0.3) is 0 Å². The highest BCUT2D eigenvalue weighted by Gasteiger charge is 2.16. The van der Waals surface area contributed by atoms with Gasteiger partial charge in [0, 0.05) is 25.3 Å². The molecule has 0 unspecified atom stereocenters. The number of nitrogens with two attached hydrogens (primary N) is 1. The summed E-state index contributed by atoms with van der Waals surface area (Å²) in [6.45, 7) is 4.23. The Bertz CT molecular complexity index is 299. The van der Waals surface area contributed by atoms with E-state index in [0.29, 0.717) is 6.04 Å². The van der Waals surface area contributed by atoms with E-state index in [-0.39, 0.29) is 0 Å². The molecule has 1 saturated heterocycles. The van der Waals surface area contributed by atoms with E-state index < -0.39 is 0 Å². The maximum Gasteiger partial charge on any atom is 0.128 e. The third kappa shape index (κ3) is 2.48. The minimum Gasteiger partial charge on any atom is -0.357 e. The average Bonchev–Trinajstić information content (AvgIpc) is 2.30. The molecule has 1 aromatic heterocycles. The molecular weight excluding hydrogens is 186 g/mol. The molecule has 1 aliphatic rings. The molecule has 1 fully saturated rings. The van der Waals surface area contributed by atoms with Gasteiger partial charge in [-0.15, -0.1) is 0 Å². The van der Waals surface area contributed by atoms with Gasteiger partial charge in [0.15, 0.2) is 0 Å². The first-order valence-corrected chi connectivity index (χ1v) is 5.75. The topological polar surface area (TPSA) is 42.1 Å². The van der Waals surface area contributed by atoms with Crippen LogP contribution in [0, 0.1) is 0 Å². The molecule has 3 nitrogen and oxygen atoms in total. The van der Waals surface area contributed by atoms with Crippen LogP contribution in [0.4, 0.5) is 5.82 Å². The molecule has 82 valence electrons. The molecule has 2 heterocycles. The van der Waals surface area contributed by atoms with Crippen molar-refractivity contribution in [3.05, 3.63) is 23.9 Å². The molecule has 2 N–H and O–H groups in total. The van der Waals surface area contributed by atoms with Crippen molar-refractivity contribution in [3.8, 4) is 0 Å². The monoisotopic (exact) mass is 205 g/mol. The number of hydrogen-bond acceptors (Lipinski definition) is 3. The van der Waals surface area contributed by atoms with Crippen LogP contribution < -0.4 is 10.6 Å². The summed E-state index contributed by atoms with van der Waals surface area (Å²) in [5.41, 5.74) is 7.17. The van der Waals surface area contributed by atoms with Crippen LogP contribution in [0.5, 0.6) is 0 Å². The second-order valence-corrected chi connectivity index (χ2v) is 4.20. The zero-order valence-electron chi connectivity index (χ0n) is 9.32. The first kappa shape index (κ1) is 10.4. The Morgan fingerprint density at radius 2 is 2.13 bits per heavy atom. The lowest BCUT2D eigenvalue weighted by Crippen LogP contribution is -2.40. The second kappa shape index (κ2) is 4.62. The van der Waals surface area contributed by atoms with E-state index in [4.69, 9.17) is 5.73 Å². The van der Waals surface area contributed by atoms with Gasteiger partial charge < -0.3 is 10.6 Å². The highest BCUT2D eigenvalue weighted by molar-refractivity contribution is 5.39. The first-order valence-electron chi connectivity index (χ1n) is 5.75. The van der Waals surface area contributed by atoms with E-state index in [1.807, 2.05) is 6.20 Å². The number of hydrogen-bond donors (Lipinski definition) is 1. The normalized spacial score (nSPS) is 18.1. The molecule has 0 atom stereocenters. The van der Waals surface area contributed by atoms with Crippen molar-refractivity contribution >= 4 is 5.82 Å². The number of nitrogens with zero attached hydrogens (tertiary/aromatic N) is 2. The van der Waals surface area contributed by atoms with E-state index in [1.165, 1.54) is 5.56 Å². The van der Waals surface area contributed by atoms with Gasteiger partial charge >= 0.3 is 0 Å². The Morgan fingerprint density at radius 3 is 2.67 bits per heavy atom. The summed E-state index contributed by atoms with van der Waals surface area (Å²) < 4.78 is 0. The molecule has 1 aromatic rings. The van der Waals surface area contributed by atoms with Crippen LogP contribution in [0.2, 0.25) is 0 Å². The fourth-order valence-electron chi connectivity index (χ4n) is 1.94. The van der Waals surface area contributed by atoms with Crippen LogP contribution >= 0.6 is 0 Å². The second-order valence-electron chi connectivity index (χ2n) is 4.20. The van der Waals surface area contributed by atoms with E-state index in [2.05, 4.69) is 28.9 Å². The van der Waals surface area contributed by atoms with Gasteiger partial charge in [-0.3, -0.25) is 0 Å². The number of rotatable bonds is 2. The predicted octanol–water partition coefficient (Wildman–Crippen LogP) is 1.57. The quantitative estimate of drug-likeness (QED) is 0.797. The predicted molar refractivity (Wildman–Crippen MR) is 63.0 cm³/mol. The first-order chi connectivity index (χ1) is 7.29. The molecule has 0 aromatic carbocycles. The lowest BCUT2D eigenvalue weighted by molar-refractivity contribution is 0.498. The number of aryl methyl sites for hydroxylation is 1. The van der Waals surface area contributed by atoms with Crippen LogP contribution in [-0.4, -0.2) is 24.1 Å².